The smallest absolute Gasteiger partial charge is 0.328 e. The van der Waals surface area contributed by atoms with Crippen LogP contribution in [0.3, 0.4) is 0 Å². The molecule has 1 rings (SSSR count). The summed E-state index contributed by atoms with van der Waals surface area (Å²) in [4.78, 5) is 11.5. The van der Waals surface area contributed by atoms with Crippen molar-refractivity contribution in [3.05, 3.63) is 24.3 Å². The van der Waals surface area contributed by atoms with Crippen LogP contribution in [0.4, 0.5) is 5.69 Å². The van der Waals surface area contributed by atoms with E-state index >= 15 is 0 Å². The van der Waals surface area contributed by atoms with Gasteiger partial charge < -0.3 is 15.2 Å². The number of ether oxygens (including phenoxy) is 1. The van der Waals surface area contributed by atoms with E-state index in [1.54, 1.807) is 45.0 Å². The summed E-state index contributed by atoms with van der Waals surface area (Å²) < 4.78 is 5.04. The number of rotatable bonds is 4. The van der Waals surface area contributed by atoms with Crippen molar-refractivity contribution in [2.75, 3.05) is 5.32 Å². The highest BCUT2D eigenvalue weighted by atomic mass is 16.5. The number of aromatic hydroxyl groups is 1. The average molecular weight is 223 g/mol. The number of benzene rings is 1. The Balaban J connectivity index is 2.61. The number of phenolic OH excluding ortho intramolecular Hbond substituents is 1. The molecule has 0 aliphatic rings. The fraction of sp³-hybridized carbons (Fsp3) is 0.417. The van der Waals surface area contributed by atoms with Crippen LogP contribution in [0.1, 0.15) is 20.8 Å². The Labute approximate surface area is 95.2 Å². The molecular formula is C12H17NO3. The number of hydrogen-bond acceptors (Lipinski definition) is 4. The lowest BCUT2D eigenvalue weighted by Gasteiger charge is -2.16. The fourth-order valence-corrected chi connectivity index (χ4v) is 1.22. The molecule has 2 N–H and O–H groups in total. The van der Waals surface area contributed by atoms with E-state index in [1.165, 1.54) is 0 Å². The highest BCUT2D eigenvalue weighted by Crippen LogP contribution is 2.22. The summed E-state index contributed by atoms with van der Waals surface area (Å²) in [6.45, 7) is 5.28. The van der Waals surface area contributed by atoms with Gasteiger partial charge in [-0.25, -0.2) is 4.79 Å². The van der Waals surface area contributed by atoms with Crippen LogP contribution in [0.25, 0.3) is 0 Å². The van der Waals surface area contributed by atoms with E-state index < -0.39 is 6.04 Å². The number of anilines is 1. The van der Waals surface area contributed by atoms with Crippen LogP contribution in [0, 0.1) is 0 Å². The Hall–Kier alpha value is -1.71. The third-order valence-electron chi connectivity index (χ3n) is 1.98. The number of para-hydroxylation sites is 2. The number of carbonyl (C=O) groups is 1. The molecule has 0 heterocycles. The van der Waals surface area contributed by atoms with Crippen molar-refractivity contribution in [1.29, 1.82) is 0 Å². The van der Waals surface area contributed by atoms with Crippen LogP contribution in [-0.4, -0.2) is 23.2 Å². The standard InChI is InChI=1S/C12H17NO3/c1-8(2)16-12(15)9(3)13-10-6-4-5-7-11(10)14/h4-9,13-14H,1-3H3/t9-/m0/s1. The molecule has 0 spiro atoms. The van der Waals surface area contributed by atoms with E-state index in [0.29, 0.717) is 5.69 Å². The second kappa shape index (κ2) is 5.39. The second-order valence-corrected chi connectivity index (χ2v) is 3.87. The van der Waals surface area contributed by atoms with Crippen molar-refractivity contribution < 1.29 is 14.6 Å². The molecule has 1 aromatic rings. The Morgan fingerprint density at radius 3 is 2.50 bits per heavy atom. The summed E-state index contributed by atoms with van der Waals surface area (Å²) in [5.74, 6) is -0.218. The summed E-state index contributed by atoms with van der Waals surface area (Å²) in [7, 11) is 0. The highest BCUT2D eigenvalue weighted by molar-refractivity contribution is 5.79. The molecule has 0 aromatic heterocycles. The van der Waals surface area contributed by atoms with Crippen LogP contribution < -0.4 is 5.32 Å². The van der Waals surface area contributed by atoms with Crippen LogP contribution in [-0.2, 0) is 9.53 Å². The van der Waals surface area contributed by atoms with Crippen LogP contribution >= 0.6 is 0 Å². The average Bonchev–Trinajstić information content (AvgIpc) is 2.20. The Morgan fingerprint density at radius 1 is 1.31 bits per heavy atom. The van der Waals surface area contributed by atoms with Gasteiger partial charge in [-0.15, -0.1) is 0 Å². The minimum atomic E-state index is -0.490. The third-order valence-corrected chi connectivity index (χ3v) is 1.98. The van der Waals surface area contributed by atoms with Crippen LogP contribution in [0.15, 0.2) is 24.3 Å². The van der Waals surface area contributed by atoms with E-state index in [-0.39, 0.29) is 17.8 Å². The normalized spacial score (nSPS) is 12.2. The number of nitrogens with one attached hydrogen (secondary N) is 1. The first kappa shape index (κ1) is 12.4. The van der Waals surface area contributed by atoms with Gasteiger partial charge in [0, 0.05) is 0 Å². The largest absolute Gasteiger partial charge is 0.506 e. The SMILES string of the molecule is CC(C)OC(=O)[C@H](C)Nc1ccccc1O. The van der Waals surface area contributed by atoms with Crippen LogP contribution in [0.2, 0.25) is 0 Å². The Bertz CT molecular complexity index is 363. The van der Waals surface area contributed by atoms with E-state index in [4.69, 9.17) is 4.74 Å². The fourth-order valence-electron chi connectivity index (χ4n) is 1.22. The van der Waals surface area contributed by atoms with Crippen molar-refractivity contribution in [2.45, 2.75) is 32.9 Å². The molecule has 4 heteroatoms. The molecule has 1 atom stereocenters. The summed E-state index contributed by atoms with van der Waals surface area (Å²) in [6, 6.07) is 6.27. The maximum absolute atomic E-state index is 11.5. The topological polar surface area (TPSA) is 58.6 Å². The summed E-state index contributed by atoms with van der Waals surface area (Å²) in [6.07, 6.45) is -0.138. The van der Waals surface area contributed by atoms with Gasteiger partial charge in [0.05, 0.1) is 11.8 Å². The number of carbonyl (C=O) groups excluding carboxylic acids is 1. The summed E-state index contributed by atoms with van der Waals surface area (Å²) in [5, 5.41) is 12.4. The van der Waals surface area contributed by atoms with Gasteiger partial charge in [-0.05, 0) is 32.9 Å². The first-order valence-corrected chi connectivity index (χ1v) is 5.25. The number of phenols is 1. The summed E-state index contributed by atoms with van der Waals surface area (Å²) in [5.41, 5.74) is 0.524. The maximum atomic E-state index is 11.5. The third kappa shape index (κ3) is 3.46. The predicted molar refractivity (Wildman–Crippen MR) is 62.4 cm³/mol. The molecule has 0 aliphatic heterocycles. The minimum absolute atomic E-state index is 0.117. The molecular weight excluding hydrogens is 206 g/mol. The van der Waals surface area contributed by atoms with E-state index in [1.807, 2.05) is 0 Å². The van der Waals surface area contributed by atoms with E-state index in [2.05, 4.69) is 5.32 Å². The van der Waals surface area contributed by atoms with Crippen molar-refractivity contribution in [1.82, 2.24) is 0 Å². The van der Waals surface area contributed by atoms with E-state index in [0.717, 1.165) is 0 Å². The molecule has 0 radical (unpaired) electrons. The lowest BCUT2D eigenvalue weighted by atomic mass is 10.2. The molecule has 1 aromatic carbocycles. The molecule has 0 amide bonds. The van der Waals surface area contributed by atoms with Gasteiger partial charge in [-0.2, -0.15) is 0 Å². The van der Waals surface area contributed by atoms with Crippen LogP contribution in [0.5, 0.6) is 5.75 Å². The molecule has 0 bridgehead atoms. The highest BCUT2D eigenvalue weighted by Gasteiger charge is 2.16. The minimum Gasteiger partial charge on any atom is -0.506 e. The van der Waals surface area contributed by atoms with Gasteiger partial charge in [-0.3, -0.25) is 0 Å². The number of hydrogen-bond donors (Lipinski definition) is 2. The first-order valence-electron chi connectivity index (χ1n) is 5.25. The zero-order valence-electron chi connectivity index (χ0n) is 9.73. The lowest BCUT2D eigenvalue weighted by molar-refractivity contribution is -0.147. The van der Waals surface area contributed by atoms with Crippen molar-refractivity contribution in [2.24, 2.45) is 0 Å². The molecule has 0 aliphatic carbocycles. The molecule has 0 saturated heterocycles. The molecule has 0 fully saturated rings. The van der Waals surface area contributed by atoms with Gasteiger partial charge in [-0.1, -0.05) is 12.1 Å². The maximum Gasteiger partial charge on any atom is 0.328 e. The molecule has 88 valence electrons. The molecule has 16 heavy (non-hydrogen) atoms. The van der Waals surface area contributed by atoms with Gasteiger partial charge >= 0.3 is 5.97 Å². The lowest BCUT2D eigenvalue weighted by Crippen LogP contribution is -2.30. The predicted octanol–water partition coefficient (Wildman–Crippen LogP) is 2.14. The van der Waals surface area contributed by atoms with Gasteiger partial charge in [0.25, 0.3) is 0 Å². The van der Waals surface area contributed by atoms with Crippen molar-refractivity contribution in [3.8, 4) is 5.75 Å². The molecule has 0 saturated carbocycles. The van der Waals surface area contributed by atoms with Crippen molar-refractivity contribution >= 4 is 11.7 Å². The molecule has 4 nitrogen and oxygen atoms in total. The first-order chi connectivity index (χ1) is 7.50. The monoisotopic (exact) mass is 223 g/mol. The zero-order chi connectivity index (χ0) is 12.1. The second-order valence-electron chi connectivity index (χ2n) is 3.87. The quantitative estimate of drug-likeness (QED) is 0.606. The summed E-state index contributed by atoms with van der Waals surface area (Å²) >= 11 is 0. The van der Waals surface area contributed by atoms with E-state index in [9.17, 15) is 9.90 Å². The Morgan fingerprint density at radius 2 is 1.94 bits per heavy atom. The zero-order valence-corrected chi connectivity index (χ0v) is 9.73. The molecule has 0 unspecified atom stereocenters. The van der Waals surface area contributed by atoms with Gasteiger partial charge in [0.15, 0.2) is 0 Å². The van der Waals surface area contributed by atoms with Gasteiger partial charge in [0.1, 0.15) is 11.8 Å². The Kier molecular flexibility index (Phi) is 4.17. The van der Waals surface area contributed by atoms with Gasteiger partial charge in [0.2, 0.25) is 0 Å². The van der Waals surface area contributed by atoms with Crippen molar-refractivity contribution in [3.63, 3.8) is 0 Å². The number of esters is 1.